The lowest BCUT2D eigenvalue weighted by atomic mass is 10.2. The van der Waals surface area contributed by atoms with Gasteiger partial charge in [0, 0.05) is 5.69 Å². The minimum atomic E-state index is -0.172. The van der Waals surface area contributed by atoms with Crippen LogP contribution in [0.15, 0.2) is 24.3 Å². The third-order valence-electron chi connectivity index (χ3n) is 2.23. The summed E-state index contributed by atoms with van der Waals surface area (Å²) in [5.41, 5.74) is 1.95. The highest BCUT2D eigenvalue weighted by atomic mass is 16.2. The second-order valence-corrected chi connectivity index (χ2v) is 3.31. The Labute approximate surface area is 84.5 Å². The number of aryl methyl sites for hydroxylation is 1. The van der Waals surface area contributed by atoms with Crippen LogP contribution in [0.5, 0.6) is 0 Å². The molecule has 0 spiro atoms. The number of amides is 1. The van der Waals surface area contributed by atoms with Gasteiger partial charge in [-0.25, -0.2) is 0 Å². The zero-order valence-electron chi connectivity index (χ0n) is 8.79. The minimum Gasteiger partial charge on any atom is -0.324 e. The number of hydrogen-bond acceptors (Lipinski definition) is 2. The molecule has 2 N–H and O–H groups in total. The first-order chi connectivity index (χ1) is 6.65. The number of hydrogen-bond donors (Lipinski definition) is 2. The largest absolute Gasteiger partial charge is 0.324 e. The summed E-state index contributed by atoms with van der Waals surface area (Å²) in [4.78, 5) is 11.5. The van der Waals surface area contributed by atoms with E-state index in [-0.39, 0.29) is 11.9 Å². The van der Waals surface area contributed by atoms with Gasteiger partial charge in [0.15, 0.2) is 0 Å². The zero-order valence-corrected chi connectivity index (χ0v) is 8.79. The van der Waals surface area contributed by atoms with Gasteiger partial charge < -0.3 is 10.6 Å². The molecule has 0 saturated heterocycles. The van der Waals surface area contributed by atoms with Gasteiger partial charge >= 0.3 is 0 Å². The molecule has 0 aromatic heterocycles. The normalized spacial score (nSPS) is 12.2. The van der Waals surface area contributed by atoms with Crippen LogP contribution < -0.4 is 10.6 Å². The highest BCUT2D eigenvalue weighted by Crippen LogP contribution is 2.12. The maximum absolute atomic E-state index is 11.5. The molecule has 0 radical (unpaired) electrons. The van der Waals surface area contributed by atoms with E-state index in [4.69, 9.17) is 0 Å². The number of anilines is 1. The van der Waals surface area contributed by atoms with Crippen molar-refractivity contribution >= 4 is 11.6 Å². The summed E-state index contributed by atoms with van der Waals surface area (Å²) < 4.78 is 0. The van der Waals surface area contributed by atoms with E-state index in [1.165, 1.54) is 0 Å². The van der Waals surface area contributed by atoms with Gasteiger partial charge in [-0.2, -0.15) is 0 Å². The van der Waals surface area contributed by atoms with Crippen molar-refractivity contribution in [1.29, 1.82) is 0 Å². The predicted octanol–water partition coefficient (Wildman–Crippen LogP) is 1.54. The minimum absolute atomic E-state index is 0.0122. The topological polar surface area (TPSA) is 41.1 Å². The summed E-state index contributed by atoms with van der Waals surface area (Å²) >= 11 is 0. The van der Waals surface area contributed by atoms with Crippen molar-refractivity contribution < 1.29 is 4.79 Å². The Morgan fingerprint density at radius 2 is 2.00 bits per heavy atom. The first-order valence-electron chi connectivity index (χ1n) is 4.69. The molecular weight excluding hydrogens is 176 g/mol. The number of carbonyl (C=O) groups excluding carboxylic acids is 1. The molecule has 1 rings (SSSR count). The van der Waals surface area contributed by atoms with Crippen molar-refractivity contribution in [2.45, 2.75) is 19.9 Å². The third kappa shape index (κ3) is 2.57. The van der Waals surface area contributed by atoms with Crippen LogP contribution in [0.4, 0.5) is 5.69 Å². The van der Waals surface area contributed by atoms with Gasteiger partial charge in [-0.1, -0.05) is 18.2 Å². The number of likely N-dealkylation sites (N-methyl/N-ethyl adjacent to an activating group) is 1. The Morgan fingerprint density at radius 3 is 2.57 bits per heavy atom. The second kappa shape index (κ2) is 4.77. The summed E-state index contributed by atoms with van der Waals surface area (Å²) in [5.74, 6) is -0.0122. The number of nitrogens with one attached hydrogen (secondary N) is 2. The smallest absolute Gasteiger partial charge is 0.241 e. The van der Waals surface area contributed by atoms with Crippen LogP contribution in [0.25, 0.3) is 0 Å². The van der Waals surface area contributed by atoms with Gasteiger partial charge in [0.1, 0.15) is 0 Å². The lowest BCUT2D eigenvalue weighted by molar-refractivity contribution is -0.117. The number of para-hydroxylation sites is 1. The van der Waals surface area contributed by atoms with E-state index in [1.807, 2.05) is 38.1 Å². The molecule has 1 unspecified atom stereocenters. The van der Waals surface area contributed by atoms with E-state index in [2.05, 4.69) is 10.6 Å². The fourth-order valence-corrected chi connectivity index (χ4v) is 1.09. The molecule has 0 aliphatic carbocycles. The van der Waals surface area contributed by atoms with Crippen molar-refractivity contribution in [2.75, 3.05) is 12.4 Å². The lowest BCUT2D eigenvalue weighted by Gasteiger charge is -2.12. The van der Waals surface area contributed by atoms with Crippen LogP contribution in [-0.2, 0) is 4.79 Å². The van der Waals surface area contributed by atoms with Crippen molar-refractivity contribution in [2.24, 2.45) is 0 Å². The quantitative estimate of drug-likeness (QED) is 0.762. The summed E-state index contributed by atoms with van der Waals surface area (Å²) in [7, 11) is 1.77. The van der Waals surface area contributed by atoms with Crippen LogP contribution >= 0.6 is 0 Å². The molecule has 1 aromatic rings. The van der Waals surface area contributed by atoms with E-state index in [0.717, 1.165) is 11.3 Å². The Bertz CT molecular complexity index is 323. The van der Waals surface area contributed by atoms with Gasteiger partial charge in [-0.3, -0.25) is 4.79 Å². The molecule has 0 aliphatic rings. The summed E-state index contributed by atoms with van der Waals surface area (Å²) in [5, 5.41) is 5.75. The van der Waals surface area contributed by atoms with Gasteiger partial charge in [-0.05, 0) is 32.5 Å². The van der Waals surface area contributed by atoms with E-state index in [0.29, 0.717) is 0 Å². The molecule has 14 heavy (non-hydrogen) atoms. The first kappa shape index (κ1) is 10.7. The van der Waals surface area contributed by atoms with Crippen LogP contribution in [0.2, 0.25) is 0 Å². The molecule has 0 aliphatic heterocycles. The maximum atomic E-state index is 11.5. The molecule has 0 saturated carbocycles. The Balaban J connectivity index is 2.70. The summed E-state index contributed by atoms with van der Waals surface area (Å²) in [6, 6.07) is 7.56. The second-order valence-electron chi connectivity index (χ2n) is 3.31. The van der Waals surface area contributed by atoms with Gasteiger partial charge in [0.05, 0.1) is 6.04 Å². The SMILES string of the molecule is CNC(C)C(=O)Nc1ccccc1C. The summed E-state index contributed by atoms with van der Waals surface area (Å²) in [6.07, 6.45) is 0. The Morgan fingerprint density at radius 1 is 1.36 bits per heavy atom. The van der Waals surface area contributed by atoms with E-state index >= 15 is 0 Å². The van der Waals surface area contributed by atoms with Crippen molar-refractivity contribution in [3.63, 3.8) is 0 Å². The number of benzene rings is 1. The van der Waals surface area contributed by atoms with Gasteiger partial charge in [-0.15, -0.1) is 0 Å². The monoisotopic (exact) mass is 192 g/mol. The van der Waals surface area contributed by atoms with E-state index in [9.17, 15) is 4.79 Å². The number of carbonyl (C=O) groups is 1. The number of rotatable bonds is 3. The van der Waals surface area contributed by atoms with Gasteiger partial charge in [0.2, 0.25) is 5.91 Å². The van der Waals surface area contributed by atoms with Gasteiger partial charge in [0.25, 0.3) is 0 Å². The average Bonchev–Trinajstić information content (AvgIpc) is 2.20. The van der Waals surface area contributed by atoms with Crippen LogP contribution in [0.1, 0.15) is 12.5 Å². The molecule has 0 heterocycles. The van der Waals surface area contributed by atoms with Crippen molar-refractivity contribution in [3.8, 4) is 0 Å². The molecule has 76 valence electrons. The van der Waals surface area contributed by atoms with Crippen LogP contribution in [-0.4, -0.2) is 19.0 Å². The fraction of sp³-hybridized carbons (Fsp3) is 0.364. The van der Waals surface area contributed by atoms with Crippen LogP contribution in [0.3, 0.4) is 0 Å². The molecule has 0 fully saturated rings. The predicted molar refractivity (Wildman–Crippen MR) is 58.3 cm³/mol. The molecule has 1 amide bonds. The Kier molecular flexibility index (Phi) is 3.65. The Hall–Kier alpha value is -1.35. The standard InChI is InChI=1S/C11H16N2O/c1-8-6-4-5-7-10(8)13-11(14)9(2)12-3/h4-7,9,12H,1-3H3,(H,13,14). The molecule has 1 aromatic carbocycles. The molecule has 1 atom stereocenters. The van der Waals surface area contributed by atoms with Crippen molar-refractivity contribution in [3.05, 3.63) is 29.8 Å². The molecule has 0 bridgehead atoms. The average molecular weight is 192 g/mol. The zero-order chi connectivity index (χ0) is 10.6. The van der Waals surface area contributed by atoms with E-state index in [1.54, 1.807) is 7.05 Å². The molecular formula is C11H16N2O. The van der Waals surface area contributed by atoms with Crippen molar-refractivity contribution in [1.82, 2.24) is 5.32 Å². The summed E-state index contributed by atoms with van der Waals surface area (Å²) in [6.45, 7) is 3.80. The highest BCUT2D eigenvalue weighted by molar-refractivity contribution is 5.95. The molecule has 3 nitrogen and oxygen atoms in total. The van der Waals surface area contributed by atoms with E-state index < -0.39 is 0 Å². The lowest BCUT2D eigenvalue weighted by Crippen LogP contribution is -2.35. The maximum Gasteiger partial charge on any atom is 0.241 e. The molecule has 3 heteroatoms. The first-order valence-corrected chi connectivity index (χ1v) is 4.69. The van der Waals surface area contributed by atoms with Crippen LogP contribution in [0, 0.1) is 6.92 Å². The third-order valence-corrected chi connectivity index (χ3v) is 2.23. The fourth-order valence-electron chi connectivity index (χ4n) is 1.09. The highest BCUT2D eigenvalue weighted by Gasteiger charge is 2.10.